The molecule has 5 nitrogen and oxygen atoms in total. The van der Waals surface area contributed by atoms with Crippen LogP contribution in [0.3, 0.4) is 0 Å². The number of amides is 1. The van der Waals surface area contributed by atoms with E-state index in [2.05, 4.69) is 48.9 Å². The largest absolute Gasteiger partial charge is 0.372 e. The van der Waals surface area contributed by atoms with Crippen LogP contribution in [0.15, 0.2) is 24.3 Å². The Bertz CT molecular complexity index is 563. The second-order valence-electron chi connectivity index (χ2n) is 6.58. The summed E-state index contributed by atoms with van der Waals surface area (Å²) in [5.74, 6) is 0.126. The summed E-state index contributed by atoms with van der Waals surface area (Å²) in [6.07, 6.45) is -0.332. The molecule has 2 aliphatic heterocycles. The molecule has 23 heavy (non-hydrogen) atoms. The summed E-state index contributed by atoms with van der Waals surface area (Å²) in [4.78, 5) is 19.6. The number of nitrogens with zero attached hydrogens (tertiary/aromatic N) is 3. The number of hydrogen-bond donors (Lipinski definition) is 0. The highest BCUT2D eigenvalue weighted by Crippen LogP contribution is 2.26. The van der Waals surface area contributed by atoms with E-state index < -0.39 is 0 Å². The SMILES string of the molecule is CCN1CCO[C@@H](C(=O)N2Cc3ccccc3N(C)C[C@H]2C)C1. The molecule has 0 saturated carbocycles. The quantitative estimate of drug-likeness (QED) is 0.830. The summed E-state index contributed by atoms with van der Waals surface area (Å²) in [6.45, 7) is 8.99. The van der Waals surface area contributed by atoms with Gasteiger partial charge in [0.25, 0.3) is 5.91 Å². The summed E-state index contributed by atoms with van der Waals surface area (Å²) in [5.41, 5.74) is 2.42. The molecule has 1 fully saturated rings. The standard InChI is InChI=1S/C18H27N3O2/c1-4-20-9-10-23-17(13-20)18(22)21-12-15-7-5-6-8-16(15)19(3)11-14(21)2/h5-8,14,17H,4,9-13H2,1-3H3/t14-,17-/m1/s1. The number of hydrogen-bond acceptors (Lipinski definition) is 4. The van der Waals surface area contributed by atoms with E-state index in [0.717, 1.165) is 19.6 Å². The molecular weight excluding hydrogens is 290 g/mol. The average molecular weight is 317 g/mol. The third-order valence-electron chi connectivity index (χ3n) is 4.97. The van der Waals surface area contributed by atoms with Crippen molar-refractivity contribution in [3.63, 3.8) is 0 Å². The van der Waals surface area contributed by atoms with Gasteiger partial charge in [0.1, 0.15) is 6.10 Å². The lowest BCUT2D eigenvalue weighted by atomic mass is 10.1. The Morgan fingerprint density at radius 1 is 1.30 bits per heavy atom. The Hall–Kier alpha value is -1.59. The van der Waals surface area contributed by atoms with Gasteiger partial charge in [-0.25, -0.2) is 0 Å². The molecule has 0 radical (unpaired) electrons. The van der Waals surface area contributed by atoms with Crippen LogP contribution in [0, 0.1) is 0 Å². The highest BCUT2D eigenvalue weighted by atomic mass is 16.5. The predicted octanol–water partition coefficient (Wildman–Crippen LogP) is 1.57. The van der Waals surface area contributed by atoms with Gasteiger partial charge in [-0.3, -0.25) is 9.69 Å². The molecule has 5 heteroatoms. The fraction of sp³-hybridized carbons (Fsp3) is 0.611. The van der Waals surface area contributed by atoms with Crippen LogP contribution in [0.25, 0.3) is 0 Å². The summed E-state index contributed by atoms with van der Waals surface area (Å²) < 4.78 is 5.78. The topological polar surface area (TPSA) is 36.0 Å². The third kappa shape index (κ3) is 3.35. The fourth-order valence-electron chi connectivity index (χ4n) is 3.57. The van der Waals surface area contributed by atoms with E-state index in [1.165, 1.54) is 11.3 Å². The number of anilines is 1. The summed E-state index contributed by atoms with van der Waals surface area (Å²) in [6, 6.07) is 8.51. The van der Waals surface area contributed by atoms with E-state index in [1.807, 2.05) is 11.0 Å². The lowest BCUT2D eigenvalue weighted by Gasteiger charge is -2.36. The maximum absolute atomic E-state index is 13.1. The van der Waals surface area contributed by atoms with Crippen LogP contribution in [0.1, 0.15) is 19.4 Å². The predicted molar refractivity (Wildman–Crippen MR) is 91.6 cm³/mol. The van der Waals surface area contributed by atoms with Gasteiger partial charge >= 0.3 is 0 Å². The van der Waals surface area contributed by atoms with Crippen LogP contribution in [0.4, 0.5) is 5.69 Å². The lowest BCUT2D eigenvalue weighted by Crippen LogP contribution is -2.53. The molecule has 2 heterocycles. The zero-order valence-electron chi connectivity index (χ0n) is 14.4. The van der Waals surface area contributed by atoms with Crippen LogP contribution in [-0.4, -0.2) is 67.7 Å². The maximum atomic E-state index is 13.1. The molecule has 0 bridgehead atoms. The van der Waals surface area contributed by atoms with Crippen molar-refractivity contribution >= 4 is 11.6 Å². The normalized spacial score (nSPS) is 25.9. The first-order valence-corrected chi connectivity index (χ1v) is 8.53. The summed E-state index contributed by atoms with van der Waals surface area (Å²) in [7, 11) is 2.10. The first-order chi connectivity index (χ1) is 11.1. The van der Waals surface area contributed by atoms with Crippen LogP contribution < -0.4 is 4.90 Å². The van der Waals surface area contributed by atoms with Crippen LogP contribution >= 0.6 is 0 Å². The molecule has 0 aliphatic carbocycles. The zero-order valence-corrected chi connectivity index (χ0v) is 14.4. The molecule has 3 rings (SSSR count). The van der Waals surface area contributed by atoms with E-state index in [0.29, 0.717) is 19.7 Å². The van der Waals surface area contributed by atoms with Crippen LogP contribution in [0.2, 0.25) is 0 Å². The van der Waals surface area contributed by atoms with Gasteiger partial charge in [-0.2, -0.15) is 0 Å². The first kappa shape index (κ1) is 16.3. The molecule has 2 aliphatic rings. The molecule has 126 valence electrons. The Morgan fingerprint density at radius 2 is 2.09 bits per heavy atom. The van der Waals surface area contributed by atoms with Gasteiger partial charge in [0.2, 0.25) is 0 Å². The Morgan fingerprint density at radius 3 is 2.87 bits per heavy atom. The van der Waals surface area contributed by atoms with Crippen molar-refractivity contribution < 1.29 is 9.53 Å². The van der Waals surface area contributed by atoms with Gasteiger partial charge in [-0.15, -0.1) is 0 Å². The van der Waals surface area contributed by atoms with Crippen molar-refractivity contribution in [1.82, 2.24) is 9.80 Å². The Kier molecular flexibility index (Phi) is 4.87. The van der Waals surface area contributed by atoms with E-state index >= 15 is 0 Å². The van der Waals surface area contributed by atoms with Gasteiger partial charge in [0.15, 0.2) is 0 Å². The average Bonchev–Trinajstić information content (AvgIpc) is 2.71. The second kappa shape index (κ2) is 6.89. The van der Waals surface area contributed by atoms with Crippen molar-refractivity contribution in [3.05, 3.63) is 29.8 Å². The maximum Gasteiger partial charge on any atom is 0.253 e. The molecule has 1 amide bonds. The van der Waals surface area contributed by atoms with Crippen molar-refractivity contribution in [1.29, 1.82) is 0 Å². The molecule has 1 saturated heterocycles. The number of carbonyl (C=O) groups is 1. The fourth-order valence-corrected chi connectivity index (χ4v) is 3.57. The van der Waals surface area contributed by atoms with Crippen LogP contribution in [0.5, 0.6) is 0 Å². The van der Waals surface area contributed by atoms with Crippen molar-refractivity contribution in [3.8, 4) is 0 Å². The lowest BCUT2D eigenvalue weighted by molar-refractivity contribution is -0.151. The molecule has 0 unspecified atom stereocenters. The minimum atomic E-state index is -0.332. The van der Waals surface area contributed by atoms with Crippen LogP contribution in [-0.2, 0) is 16.1 Å². The number of rotatable bonds is 2. The monoisotopic (exact) mass is 317 g/mol. The van der Waals surface area contributed by atoms with E-state index in [9.17, 15) is 4.79 Å². The number of para-hydroxylation sites is 1. The number of benzene rings is 1. The van der Waals surface area contributed by atoms with Gasteiger partial charge in [0, 0.05) is 45.0 Å². The third-order valence-corrected chi connectivity index (χ3v) is 4.97. The highest BCUT2D eigenvalue weighted by Gasteiger charge is 2.34. The van der Waals surface area contributed by atoms with Gasteiger partial charge < -0.3 is 14.5 Å². The second-order valence-corrected chi connectivity index (χ2v) is 6.58. The smallest absolute Gasteiger partial charge is 0.253 e. The number of ether oxygens (including phenoxy) is 1. The molecule has 1 aromatic rings. The van der Waals surface area contributed by atoms with Gasteiger partial charge in [-0.05, 0) is 25.1 Å². The summed E-state index contributed by atoms with van der Waals surface area (Å²) >= 11 is 0. The highest BCUT2D eigenvalue weighted by molar-refractivity contribution is 5.82. The van der Waals surface area contributed by atoms with Crippen molar-refractivity contribution in [2.45, 2.75) is 32.5 Å². The Labute approximate surface area is 138 Å². The number of fused-ring (bicyclic) bond motifs is 1. The van der Waals surface area contributed by atoms with Gasteiger partial charge in [0.05, 0.1) is 6.61 Å². The molecule has 0 N–H and O–H groups in total. The van der Waals surface area contributed by atoms with Gasteiger partial charge in [-0.1, -0.05) is 25.1 Å². The number of likely N-dealkylation sites (N-methyl/N-ethyl adjacent to an activating group) is 2. The molecule has 2 atom stereocenters. The van der Waals surface area contributed by atoms with E-state index in [1.54, 1.807) is 0 Å². The van der Waals surface area contributed by atoms with E-state index in [4.69, 9.17) is 4.74 Å². The molecular formula is C18H27N3O2. The molecule has 1 aromatic carbocycles. The first-order valence-electron chi connectivity index (χ1n) is 8.53. The Balaban J connectivity index is 1.80. The van der Waals surface area contributed by atoms with Crippen molar-refractivity contribution in [2.24, 2.45) is 0 Å². The molecule has 0 spiro atoms. The summed E-state index contributed by atoms with van der Waals surface area (Å²) in [5, 5.41) is 0. The zero-order chi connectivity index (χ0) is 16.4. The minimum Gasteiger partial charge on any atom is -0.372 e. The molecule has 0 aromatic heterocycles. The number of morpholine rings is 1. The minimum absolute atomic E-state index is 0.126. The van der Waals surface area contributed by atoms with E-state index in [-0.39, 0.29) is 18.1 Å². The number of carbonyl (C=O) groups excluding carboxylic acids is 1. The van der Waals surface area contributed by atoms with Crippen molar-refractivity contribution in [2.75, 3.05) is 44.7 Å².